The van der Waals surface area contributed by atoms with Crippen molar-refractivity contribution >= 4 is 49.5 Å². The maximum atomic E-state index is 12.2. The van der Waals surface area contributed by atoms with Crippen molar-refractivity contribution in [3.05, 3.63) is 57.5 Å². The molecule has 7 heteroatoms. The van der Waals surface area contributed by atoms with Gasteiger partial charge in [0.25, 0.3) is 10.0 Å². The van der Waals surface area contributed by atoms with E-state index >= 15 is 0 Å². The SMILES string of the molecule is O=Cc1ccc(NS(=O)(=O)c2ccc(Br)cc2Cl)cc1. The molecule has 4 nitrogen and oxygen atoms in total. The standard InChI is InChI=1S/C13H9BrClNO3S/c14-10-3-6-13(12(15)7-10)20(18,19)16-11-4-1-9(8-17)2-5-11/h1-8,16H. The zero-order valence-corrected chi connectivity index (χ0v) is 13.2. The summed E-state index contributed by atoms with van der Waals surface area (Å²) >= 11 is 9.15. The Labute approximate surface area is 129 Å². The first-order valence-corrected chi connectivity index (χ1v) is 8.11. The first kappa shape index (κ1) is 15.0. The van der Waals surface area contributed by atoms with Crippen molar-refractivity contribution in [1.82, 2.24) is 0 Å². The summed E-state index contributed by atoms with van der Waals surface area (Å²) in [6.45, 7) is 0. The molecule has 0 radical (unpaired) electrons. The average Bonchev–Trinajstić information content (AvgIpc) is 2.38. The number of halogens is 2. The van der Waals surface area contributed by atoms with E-state index in [4.69, 9.17) is 11.6 Å². The minimum atomic E-state index is -3.77. The number of hydrogen-bond acceptors (Lipinski definition) is 3. The van der Waals surface area contributed by atoms with Gasteiger partial charge in [-0.1, -0.05) is 27.5 Å². The summed E-state index contributed by atoms with van der Waals surface area (Å²) in [5, 5.41) is 0.122. The Hall–Kier alpha value is -1.37. The molecule has 0 saturated carbocycles. The molecule has 0 aliphatic rings. The van der Waals surface area contributed by atoms with Gasteiger partial charge in [-0.25, -0.2) is 8.42 Å². The molecule has 0 spiro atoms. The fraction of sp³-hybridized carbons (Fsp3) is 0. The summed E-state index contributed by atoms with van der Waals surface area (Å²) in [6, 6.07) is 10.6. The van der Waals surface area contributed by atoms with Crippen molar-refractivity contribution < 1.29 is 13.2 Å². The van der Waals surface area contributed by atoms with Gasteiger partial charge >= 0.3 is 0 Å². The number of carbonyl (C=O) groups is 1. The molecule has 0 atom stereocenters. The summed E-state index contributed by atoms with van der Waals surface area (Å²) in [4.78, 5) is 10.5. The van der Waals surface area contributed by atoms with E-state index in [-0.39, 0.29) is 9.92 Å². The van der Waals surface area contributed by atoms with Crippen LogP contribution in [0.2, 0.25) is 5.02 Å². The number of aldehydes is 1. The molecule has 0 fully saturated rings. The van der Waals surface area contributed by atoms with Crippen LogP contribution in [0, 0.1) is 0 Å². The third-order valence-corrected chi connectivity index (χ3v) is 4.84. The van der Waals surface area contributed by atoms with Crippen LogP contribution in [0.3, 0.4) is 0 Å². The van der Waals surface area contributed by atoms with Gasteiger partial charge in [0.1, 0.15) is 11.2 Å². The van der Waals surface area contributed by atoms with Crippen LogP contribution in [0.1, 0.15) is 10.4 Å². The highest BCUT2D eigenvalue weighted by Gasteiger charge is 2.18. The molecule has 0 aliphatic carbocycles. The van der Waals surface area contributed by atoms with E-state index in [1.165, 1.54) is 36.4 Å². The first-order chi connectivity index (χ1) is 9.42. The minimum absolute atomic E-state index is 0.0122. The molecule has 104 valence electrons. The van der Waals surface area contributed by atoms with E-state index in [2.05, 4.69) is 20.7 Å². The van der Waals surface area contributed by atoms with Gasteiger partial charge in [0.2, 0.25) is 0 Å². The van der Waals surface area contributed by atoms with Crippen LogP contribution < -0.4 is 4.72 Å². The van der Waals surface area contributed by atoms with Crippen LogP contribution in [-0.4, -0.2) is 14.7 Å². The van der Waals surface area contributed by atoms with Gasteiger partial charge in [0, 0.05) is 15.7 Å². The quantitative estimate of drug-likeness (QED) is 0.830. The lowest BCUT2D eigenvalue weighted by Gasteiger charge is -2.09. The third-order valence-electron chi connectivity index (χ3n) is 2.48. The Morgan fingerprint density at radius 1 is 1.10 bits per heavy atom. The van der Waals surface area contributed by atoms with E-state index in [9.17, 15) is 13.2 Å². The van der Waals surface area contributed by atoms with E-state index in [1.807, 2.05) is 0 Å². The molecule has 0 unspecified atom stereocenters. The molecule has 20 heavy (non-hydrogen) atoms. The number of hydrogen-bond donors (Lipinski definition) is 1. The monoisotopic (exact) mass is 373 g/mol. The normalized spacial score (nSPS) is 11.1. The Balaban J connectivity index is 2.32. The number of nitrogens with one attached hydrogen (secondary N) is 1. The Bertz CT molecular complexity index is 745. The molecule has 0 saturated heterocycles. The van der Waals surface area contributed by atoms with Crippen molar-refractivity contribution in [2.75, 3.05) is 4.72 Å². The molecule has 0 aromatic heterocycles. The predicted molar refractivity (Wildman–Crippen MR) is 81.8 cm³/mol. The summed E-state index contributed by atoms with van der Waals surface area (Å²) in [5.74, 6) is 0. The summed E-state index contributed by atoms with van der Waals surface area (Å²) in [7, 11) is -3.77. The van der Waals surface area contributed by atoms with Gasteiger partial charge in [-0.2, -0.15) is 0 Å². The second-order valence-corrected chi connectivity index (χ2v) is 6.89. The van der Waals surface area contributed by atoms with E-state index in [0.717, 1.165) is 0 Å². The van der Waals surface area contributed by atoms with Crippen molar-refractivity contribution in [2.45, 2.75) is 4.90 Å². The first-order valence-electron chi connectivity index (χ1n) is 5.45. The van der Waals surface area contributed by atoms with Gasteiger partial charge in [-0.15, -0.1) is 0 Å². The van der Waals surface area contributed by atoms with Gasteiger partial charge < -0.3 is 0 Å². The smallest absolute Gasteiger partial charge is 0.263 e. The molecule has 0 aliphatic heterocycles. The summed E-state index contributed by atoms with van der Waals surface area (Å²) in [5.41, 5.74) is 0.823. The molecule has 2 aromatic carbocycles. The third kappa shape index (κ3) is 3.39. The largest absolute Gasteiger partial charge is 0.298 e. The number of benzene rings is 2. The van der Waals surface area contributed by atoms with E-state index in [0.29, 0.717) is 22.0 Å². The van der Waals surface area contributed by atoms with Gasteiger partial charge in [0.05, 0.1) is 5.02 Å². The Kier molecular flexibility index (Phi) is 4.47. The zero-order chi connectivity index (χ0) is 14.8. The molecule has 0 bridgehead atoms. The highest BCUT2D eigenvalue weighted by Crippen LogP contribution is 2.26. The van der Waals surface area contributed by atoms with Crippen LogP contribution in [0.5, 0.6) is 0 Å². The highest BCUT2D eigenvalue weighted by molar-refractivity contribution is 9.10. The van der Waals surface area contributed by atoms with Gasteiger partial charge in [0.15, 0.2) is 0 Å². The Morgan fingerprint density at radius 3 is 2.30 bits per heavy atom. The summed E-state index contributed by atoms with van der Waals surface area (Å²) < 4.78 is 27.5. The van der Waals surface area contributed by atoms with E-state index < -0.39 is 10.0 Å². The minimum Gasteiger partial charge on any atom is -0.298 e. The van der Waals surface area contributed by atoms with Crippen LogP contribution >= 0.6 is 27.5 Å². The number of sulfonamides is 1. The van der Waals surface area contributed by atoms with Crippen LogP contribution in [-0.2, 0) is 10.0 Å². The lowest BCUT2D eigenvalue weighted by atomic mass is 10.2. The van der Waals surface area contributed by atoms with Crippen LogP contribution in [0.15, 0.2) is 51.8 Å². The molecular weight excluding hydrogens is 366 g/mol. The van der Waals surface area contributed by atoms with Gasteiger partial charge in [-0.05, 0) is 42.5 Å². The summed E-state index contributed by atoms with van der Waals surface area (Å²) in [6.07, 6.45) is 0.684. The van der Waals surface area contributed by atoms with Gasteiger partial charge in [-0.3, -0.25) is 9.52 Å². The maximum Gasteiger partial charge on any atom is 0.263 e. The van der Waals surface area contributed by atoms with Crippen molar-refractivity contribution in [2.24, 2.45) is 0 Å². The van der Waals surface area contributed by atoms with Crippen molar-refractivity contribution in [3.63, 3.8) is 0 Å². The van der Waals surface area contributed by atoms with Crippen LogP contribution in [0.25, 0.3) is 0 Å². The lowest BCUT2D eigenvalue weighted by molar-refractivity contribution is 0.112. The molecule has 0 amide bonds. The molecule has 1 N–H and O–H groups in total. The fourth-order valence-electron chi connectivity index (χ4n) is 1.53. The zero-order valence-electron chi connectivity index (χ0n) is 10.0. The number of carbonyl (C=O) groups excluding carboxylic acids is 1. The van der Waals surface area contributed by atoms with Crippen molar-refractivity contribution in [3.8, 4) is 0 Å². The lowest BCUT2D eigenvalue weighted by Crippen LogP contribution is -2.13. The topological polar surface area (TPSA) is 63.2 Å². The fourth-order valence-corrected chi connectivity index (χ4v) is 3.63. The second kappa shape index (κ2) is 5.95. The van der Waals surface area contributed by atoms with Crippen molar-refractivity contribution in [1.29, 1.82) is 0 Å². The second-order valence-electron chi connectivity index (χ2n) is 3.92. The Morgan fingerprint density at radius 2 is 1.75 bits per heavy atom. The predicted octanol–water partition coefficient (Wildman–Crippen LogP) is 3.72. The highest BCUT2D eigenvalue weighted by atomic mass is 79.9. The molecule has 0 heterocycles. The number of rotatable bonds is 4. The van der Waals surface area contributed by atoms with E-state index in [1.54, 1.807) is 6.07 Å². The molecular formula is C13H9BrClNO3S. The molecule has 2 rings (SSSR count). The number of anilines is 1. The average molecular weight is 375 g/mol. The molecule has 2 aromatic rings. The maximum absolute atomic E-state index is 12.2. The van der Waals surface area contributed by atoms with Crippen LogP contribution in [0.4, 0.5) is 5.69 Å².